The van der Waals surface area contributed by atoms with Crippen molar-refractivity contribution in [1.29, 1.82) is 0 Å². The monoisotopic (exact) mass is 401 g/mol. The lowest BCUT2D eigenvalue weighted by Crippen LogP contribution is -2.36. The minimum atomic E-state index is -0.191. The molecule has 5 nitrogen and oxygen atoms in total. The molecule has 0 saturated heterocycles. The van der Waals surface area contributed by atoms with E-state index in [0.717, 1.165) is 23.1 Å². The quantitative estimate of drug-likeness (QED) is 0.535. The maximum Gasteiger partial charge on any atom is 0.315 e. The molecule has 0 bridgehead atoms. The van der Waals surface area contributed by atoms with Gasteiger partial charge in [0.25, 0.3) is 5.91 Å². The molecule has 0 fully saturated rings. The van der Waals surface area contributed by atoms with Crippen LogP contribution in [0.15, 0.2) is 78.9 Å². The predicted molar refractivity (Wildman–Crippen MR) is 119 cm³/mol. The molecule has 0 heterocycles. The number of urea groups is 1. The van der Waals surface area contributed by atoms with E-state index in [1.54, 1.807) is 6.07 Å². The van der Waals surface area contributed by atoms with Gasteiger partial charge in [-0.3, -0.25) is 4.79 Å². The van der Waals surface area contributed by atoms with Crippen molar-refractivity contribution in [2.75, 3.05) is 6.54 Å². The van der Waals surface area contributed by atoms with E-state index in [1.165, 1.54) is 5.56 Å². The van der Waals surface area contributed by atoms with E-state index in [-0.39, 0.29) is 11.9 Å². The molecule has 0 spiro atoms. The van der Waals surface area contributed by atoms with E-state index in [4.69, 9.17) is 0 Å². The Balaban J connectivity index is 1.42. The van der Waals surface area contributed by atoms with Crippen LogP contribution in [0, 0.1) is 6.92 Å². The molecule has 3 aromatic rings. The summed E-state index contributed by atoms with van der Waals surface area (Å²) in [6.45, 7) is 3.41. The van der Waals surface area contributed by atoms with Crippen LogP contribution >= 0.6 is 0 Å². The van der Waals surface area contributed by atoms with E-state index in [2.05, 4.69) is 16.0 Å². The van der Waals surface area contributed by atoms with Gasteiger partial charge >= 0.3 is 6.03 Å². The number of benzene rings is 3. The van der Waals surface area contributed by atoms with Crippen molar-refractivity contribution in [1.82, 2.24) is 16.0 Å². The normalized spacial score (nSPS) is 10.3. The Labute approximate surface area is 177 Å². The highest BCUT2D eigenvalue weighted by atomic mass is 16.2. The van der Waals surface area contributed by atoms with Gasteiger partial charge in [-0.05, 0) is 42.2 Å². The molecule has 3 rings (SSSR count). The van der Waals surface area contributed by atoms with Crippen LogP contribution in [0.1, 0.15) is 32.6 Å². The molecule has 154 valence electrons. The summed E-state index contributed by atoms with van der Waals surface area (Å²) in [5, 5.41) is 8.68. The Morgan fingerprint density at radius 3 is 2.10 bits per heavy atom. The molecule has 3 aromatic carbocycles. The van der Waals surface area contributed by atoms with Gasteiger partial charge in [0.2, 0.25) is 0 Å². The van der Waals surface area contributed by atoms with Crippen LogP contribution in [-0.4, -0.2) is 18.5 Å². The zero-order valence-corrected chi connectivity index (χ0v) is 17.2. The summed E-state index contributed by atoms with van der Waals surface area (Å²) < 4.78 is 0. The molecule has 0 aromatic heterocycles. The number of amides is 3. The third-order valence-electron chi connectivity index (χ3n) is 4.72. The second-order valence-electron chi connectivity index (χ2n) is 7.22. The number of hydrogen-bond acceptors (Lipinski definition) is 2. The summed E-state index contributed by atoms with van der Waals surface area (Å²) in [6, 6.07) is 25.2. The highest BCUT2D eigenvalue weighted by Gasteiger charge is 2.06. The Bertz CT molecular complexity index is 986. The second-order valence-corrected chi connectivity index (χ2v) is 7.22. The molecular weight excluding hydrogens is 374 g/mol. The number of carbonyl (C=O) groups excluding carboxylic acids is 2. The molecule has 5 heteroatoms. The summed E-state index contributed by atoms with van der Waals surface area (Å²) in [5.41, 5.74) is 4.87. The smallest absolute Gasteiger partial charge is 0.315 e. The van der Waals surface area contributed by atoms with Gasteiger partial charge in [-0.2, -0.15) is 0 Å². The van der Waals surface area contributed by atoms with Crippen molar-refractivity contribution in [3.8, 4) is 0 Å². The number of rotatable bonds is 8. The zero-order valence-electron chi connectivity index (χ0n) is 17.2. The van der Waals surface area contributed by atoms with Gasteiger partial charge in [-0.25, -0.2) is 4.79 Å². The van der Waals surface area contributed by atoms with Gasteiger partial charge in [-0.15, -0.1) is 0 Å². The minimum absolute atomic E-state index is 0.0972. The van der Waals surface area contributed by atoms with E-state index < -0.39 is 0 Å². The minimum Gasteiger partial charge on any atom is -0.348 e. The van der Waals surface area contributed by atoms with Crippen molar-refractivity contribution >= 4 is 11.9 Å². The second kappa shape index (κ2) is 10.8. The van der Waals surface area contributed by atoms with Crippen molar-refractivity contribution in [3.05, 3.63) is 107 Å². The van der Waals surface area contributed by atoms with Gasteiger partial charge < -0.3 is 16.0 Å². The first-order valence-corrected chi connectivity index (χ1v) is 10.1. The SMILES string of the molecule is Cc1cccc(C(=O)NCc2cccc(CNC(=O)NCCc3ccccc3)c2)c1. The fraction of sp³-hybridized carbons (Fsp3) is 0.200. The number of nitrogens with one attached hydrogen (secondary N) is 3. The summed E-state index contributed by atoms with van der Waals surface area (Å²) in [4.78, 5) is 24.3. The van der Waals surface area contributed by atoms with Crippen molar-refractivity contribution in [2.24, 2.45) is 0 Å². The highest BCUT2D eigenvalue weighted by molar-refractivity contribution is 5.94. The van der Waals surface area contributed by atoms with Crippen LogP contribution in [0.3, 0.4) is 0 Å². The summed E-state index contributed by atoms with van der Waals surface area (Å²) >= 11 is 0. The van der Waals surface area contributed by atoms with Crippen LogP contribution in [0.5, 0.6) is 0 Å². The first-order valence-electron chi connectivity index (χ1n) is 10.1. The predicted octanol–water partition coefficient (Wildman–Crippen LogP) is 3.97. The molecule has 0 aliphatic carbocycles. The molecule has 0 aliphatic rings. The average molecular weight is 402 g/mol. The number of carbonyl (C=O) groups is 2. The third kappa shape index (κ3) is 6.78. The van der Waals surface area contributed by atoms with Crippen LogP contribution < -0.4 is 16.0 Å². The van der Waals surface area contributed by atoms with Gasteiger partial charge in [0.15, 0.2) is 0 Å². The summed E-state index contributed by atoms with van der Waals surface area (Å²) in [5.74, 6) is -0.0972. The van der Waals surface area contributed by atoms with Gasteiger partial charge in [-0.1, -0.05) is 72.3 Å². The highest BCUT2D eigenvalue weighted by Crippen LogP contribution is 2.07. The molecular formula is C25H27N3O2. The first kappa shape index (κ1) is 21.1. The molecule has 0 aliphatic heterocycles. The molecule has 3 N–H and O–H groups in total. The molecule has 3 amide bonds. The number of aryl methyl sites for hydroxylation is 1. The Hall–Kier alpha value is -3.60. The fourth-order valence-corrected chi connectivity index (χ4v) is 3.13. The van der Waals surface area contributed by atoms with E-state index in [1.807, 2.05) is 79.7 Å². The van der Waals surface area contributed by atoms with Crippen LogP contribution in [0.4, 0.5) is 4.79 Å². The molecule has 0 radical (unpaired) electrons. The summed E-state index contributed by atoms with van der Waals surface area (Å²) in [7, 11) is 0. The van der Waals surface area contributed by atoms with Crippen LogP contribution in [0.25, 0.3) is 0 Å². The molecule has 30 heavy (non-hydrogen) atoms. The maximum absolute atomic E-state index is 12.3. The maximum atomic E-state index is 12.3. The average Bonchev–Trinajstić information content (AvgIpc) is 2.77. The standard InChI is InChI=1S/C25H27N3O2/c1-19-7-5-12-23(15-19)24(29)27-17-21-10-6-11-22(16-21)18-28-25(30)26-14-13-20-8-3-2-4-9-20/h2-12,15-16H,13-14,17-18H2,1H3,(H,27,29)(H2,26,28,30). The van der Waals surface area contributed by atoms with Crippen molar-refractivity contribution in [3.63, 3.8) is 0 Å². The Kier molecular flexibility index (Phi) is 7.61. The topological polar surface area (TPSA) is 70.2 Å². The van der Waals surface area contributed by atoms with E-state index in [9.17, 15) is 9.59 Å². The molecule has 0 saturated carbocycles. The third-order valence-corrected chi connectivity index (χ3v) is 4.72. The van der Waals surface area contributed by atoms with Crippen LogP contribution in [0.2, 0.25) is 0 Å². The Morgan fingerprint density at radius 1 is 0.700 bits per heavy atom. The van der Waals surface area contributed by atoms with Crippen molar-refractivity contribution in [2.45, 2.75) is 26.4 Å². The number of hydrogen-bond donors (Lipinski definition) is 3. The fourth-order valence-electron chi connectivity index (χ4n) is 3.13. The summed E-state index contributed by atoms with van der Waals surface area (Å²) in [6.07, 6.45) is 0.796. The molecule has 0 unspecified atom stereocenters. The lowest BCUT2D eigenvalue weighted by atomic mass is 10.1. The lowest BCUT2D eigenvalue weighted by Gasteiger charge is -2.10. The Morgan fingerprint density at radius 2 is 1.37 bits per heavy atom. The van der Waals surface area contributed by atoms with E-state index in [0.29, 0.717) is 25.2 Å². The van der Waals surface area contributed by atoms with E-state index >= 15 is 0 Å². The van der Waals surface area contributed by atoms with Gasteiger partial charge in [0, 0.05) is 25.2 Å². The largest absolute Gasteiger partial charge is 0.348 e. The lowest BCUT2D eigenvalue weighted by molar-refractivity contribution is 0.0951. The van der Waals surface area contributed by atoms with Gasteiger partial charge in [0.05, 0.1) is 0 Å². The van der Waals surface area contributed by atoms with Crippen molar-refractivity contribution < 1.29 is 9.59 Å². The first-order chi connectivity index (χ1) is 14.6. The van der Waals surface area contributed by atoms with Gasteiger partial charge in [0.1, 0.15) is 0 Å². The van der Waals surface area contributed by atoms with Crippen LogP contribution in [-0.2, 0) is 19.5 Å². The molecule has 0 atom stereocenters. The zero-order chi connectivity index (χ0) is 21.2.